The standard InChI is InChI=1S/C11H17N3O2S/c15-9-6-5-8(10(16)14-9)13-11(17)12-7-3-1-2-4-7/h7-8H,1-6H2,(H2,12,13,17)(H,14,15,16). The molecular formula is C11H17N3O2S. The second kappa shape index (κ2) is 5.44. The van der Waals surface area contributed by atoms with Crippen LogP contribution in [-0.4, -0.2) is 29.0 Å². The van der Waals surface area contributed by atoms with E-state index in [-0.39, 0.29) is 17.9 Å². The van der Waals surface area contributed by atoms with Gasteiger partial charge in [0, 0.05) is 12.5 Å². The molecule has 1 aliphatic carbocycles. The number of hydrogen-bond donors (Lipinski definition) is 3. The fourth-order valence-corrected chi connectivity index (χ4v) is 2.60. The number of imide groups is 1. The lowest BCUT2D eigenvalue weighted by molar-refractivity contribution is -0.134. The van der Waals surface area contributed by atoms with E-state index in [1.54, 1.807) is 0 Å². The molecule has 0 aromatic heterocycles. The molecule has 1 aliphatic heterocycles. The summed E-state index contributed by atoms with van der Waals surface area (Å²) < 4.78 is 0. The third-order valence-corrected chi connectivity index (χ3v) is 3.47. The monoisotopic (exact) mass is 255 g/mol. The number of amides is 2. The summed E-state index contributed by atoms with van der Waals surface area (Å²) in [5, 5.41) is 9.01. The van der Waals surface area contributed by atoms with Gasteiger partial charge in [0.1, 0.15) is 6.04 Å². The first-order valence-corrected chi connectivity index (χ1v) is 6.46. The van der Waals surface area contributed by atoms with Crippen molar-refractivity contribution in [1.29, 1.82) is 0 Å². The molecule has 6 heteroatoms. The zero-order valence-corrected chi connectivity index (χ0v) is 10.4. The van der Waals surface area contributed by atoms with Crippen molar-refractivity contribution in [1.82, 2.24) is 16.0 Å². The average molecular weight is 255 g/mol. The Kier molecular flexibility index (Phi) is 3.93. The van der Waals surface area contributed by atoms with Crippen molar-refractivity contribution in [2.75, 3.05) is 0 Å². The lowest BCUT2D eigenvalue weighted by atomic mass is 10.1. The summed E-state index contributed by atoms with van der Waals surface area (Å²) in [4.78, 5) is 22.5. The maximum atomic E-state index is 11.5. The third-order valence-electron chi connectivity index (χ3n) is 3.23. The second-order valence-electron chi connectivity index (χ2n) is 4.60. The first-order valence-electron chi connectivity index (χ1n) is 6.06. The number of carbonyl (C=O) groups is 2. The van der Waals surface area contributed by atoms with E-state index in [9.17, 15) is 9.59 Å². The highest BCUT2D eigenvalue weighted by Crippen LogP contribution is 2.17. The van der Waals surface area contributed by atoms with Crippen molar-refractivity contribution < 1.29 is 9.59 Å². The number of carbonyl (C=O) groups excluding carboxylic acids is 2. The van der Waals surface area contributed by atoms with Crippen LogP contribution in [0.15, 0.2) is 0 Å². The number of nitrogens with one attached hydrogen (secondary N) is 3. The van der Waals surface area contributed by atoms with Crippen molar-refractivity contribution >= 4 is 29.1 Å². The van der Waals surface area contributed by atoms with Gasteiger partial charge in [0.2, 0.25) is 11.8 Å². The molecule has 17 heavy (non-hydrogen) atoms. The topological polar surface area (TPSA) is 70.2 Å². The molecule has 2 rings (SSSR count). The Morgan fingerprint density at radius 2 is 1.88 bits per heavy atom. The van der Waals surface area contributed by atoms with E-state index in [1.165, 1.54) is 12.8 Å². The first-order chi connectivity index (χ1) is 8.15. The van der Waals surface area contributed by atoms with E-state index >= 15 is 0 Å². The summed E-state index contributed by atoms with van der Waals surface area (Å²) in [5.74, 6) is -0.487. The lowest BCUT2D eigenvalue weighted by Crippen LogP contribution is -2.55. The van der Waals surface area contributed by atoms with Gasteiger partial charge in [0.15, 0.2) is 5.11 Å². The van der Waals surface area contributed by atoms with Gasteiger partial charge in [0.25, 0.3) is 0 Å². The summed E-state index contributed by atoms with van der Waals surface area (Å²) in [6.07, 6.45) is 5.62. The van der Waals surface area contributed by atoms with Crippen molar-refractivity contribution in [2.45, 2.75) is 50.6 Å². The van der Waals surface area contributed by atoms with E-state index in [2.05, 4.69) is 16.0 Å². The van der Waals surface area contributed by atoms with Crippen LogP contribution >= 0.6 is 12.2 Å². The largest absolute Gasteiger partial charge is 0.360 e. The van der Waals surface area contributed by atoms with Gasteiger partial charge in [0.05, 0.1) is 0 Å². The van der Waals surface area contributed by atoms with E-state index in [0.717, 1.165) is 12.8 Å². The van der Waals surface area contributed by atoms with E-state index in [1.807, 2.05) is 0 Å². The highest BCUT2D eigenvalue weighted by atomic mass is 32.1. The quantitative estimate of drug-likeness (QED) is 0.486. The summed E-state index contributed by atoms with van der Waals surface area (Å²) in [6, 6.07) is 0.0531. The first kappa shape index (κ1) is 12.3. The van der Waals surface area contributed by atoms with Crippen molar-refractivity contribution in [3.05, 3.63) is 0 Å². The Morgan fingerprint density at radius 3 is 2.53 bits per heavy atom. The Hall–Kier alpha value is -1.17. The highest BCUT2D eigenvalue weighted by Gasteiger charge is 2.27. The van der Waals surface area contributed by atoms with Crippen LogP contribution in [0.25, 0.3) is 0 Å². The molecule has 2 aliphatic rings. The fourth-order valence-electron chi connectivity index (χ4n) is 2.29. The fraction of sp³-hybridized carbons (Fsp3) is 0.727. The molecule has 1 atom stereocenters. The predicted molar refractivity (Wildman–Crippen MR) is 67.3 cm³/mol. The lowest BCUT2D eigenvalue weighted by Gasteiger charge is -2.24. The molecule has 5 nitrogen and oxygen atoms in total. The highest BCUT2D eigenvalue weighted by molar-refractivity contribution is 7.80. The number of piperidine rings is 1. The molecule has 2 fully saturated rings. The van der Waals surface area contributed by atoms with E-state index in [4.69, 9.17) is 12.2 Å². The van der Waals surface area contributed by atoms with Crippen LogP contribution in [0, 0.1) is 0 Å². The van der Waals surface area contributed by atoms with Crippen LogP contribution in [0.2, 0.25) is 0 Å². The number of thiocarbonyl (C=S) groups is 1. The predicted octanol–water partition coefficient (Wildman–Crippen LogP) is 0.198. The van der Waals surface area contributed by atoms with Crippen LogP contribution < -0.4 is 16.0 Å². The Labute approximate surface area is 106 Å². The normalized spacial score (nSPS) is 25.5. The van der Waals surface area contributed by atoms with Gasteiger partial charge >= 0.3 is 0 Å². The number of rotatable bonds is 2. The summed E-state index contributed by atoms with van der Waals surface area (Å²) >= 11 is 5.17. The molecule has 0 aromatic carbocycles. The molecule has 1 saturated heterocycles. The van der Waals surface area contributed by atoms with Gasteiger partial charge in [-0.1, -0.05) is 12.8 Å². The van der Waals surface area contributed by atoms with E-state index in [0.29, 0.717) is 24.0 Å². The van der Waals surface area contributed by atoms with E-state index < -0.39 is 0 Å². The SMILES string of the molecule is O=C1CCC(NC(=S)NC2CCCC2)C(=O)N1. The molecule has 2 amide bonds. The molecular weight excluding hydrogens is 238 g/mol. The molecule has 1 heterocycles. The molecule has 0 aromatic rings. The van der Waals surface area contributed by atoms with Crippen molar-refractivity contribution in [3.8, 4) is 0 Å². The maximum absolute atomic E-state index is 11.5. The minimum atomic E-state index is -0.380. The summed E-state index contributed by atoms with van der Waals surface area (Å²) in [7, 11) is 0. The van der Waals surface area contributed by atoms with Crippen LogP contribution in [0.4, 0.5) is 0 Å². The zero-order chi connectivity index (χ0) is 12.3. The van der Waals surface area contributed by atoms with Crippen LogP contribution in [0.1, 0.15) is 38.5 Å². The Morgan fingerprint density at radius 1 is 1.18 bits per heavy atom. The van der Waals surface area contributed by atoms with Crippen LogP contribution in [0.3, 0.4) is 0 Å². The van der Waals surface area contributed by atoms with Crippen LogP contribution in [-0.2, 0) is 9.59 Å². The molecule has 1 saturated carbocycles. The van der Waals surface area contributed by atoms with Gasteiger partial charge in [-0.3, -0.25) is 14.9 Å². The zero-order valence-electron chi connectivity index (χ0n) is 9.62. The minimum absolute atomic E-state index is 0.206. The summed E-state index contributed by atoms with van der Waals surface area (Å²) in [5.41, 5.74) is 0. The van der Waals surface area contributed by atoms with Crippen LogP contribution in [0.5, 0.6) is 0 Å². The molecule has 1 unspecified atom stereocenters. The molecule has 0 bridgehead atoms. The second-order valence-corrected chi connectivity index (χ2v) is 5.01. The maximum Gasteiger partial charge on any atom is 0.249 e. The summed E-state index contributed by atoms with van der Waals surface area (Å²) in [6.45, 7) is 0. The van der Waals surface area contributed by atoms with Crippen molar-refractivity contribution in [3.63, 3.8) is 0 Å². The third kappa shape index (κ3) is 3.39. The van der Waals surface area contributed by atoms with Gasteiger partial charge in [-0.25, -0.2) is 0 Å². The van der Waals surface area contributed by atoms with Crippen molar-refractivity contribution in [2.24, 2.45) is 0 Å². The van der Waals surface area contributed by atoms with Gasteiger partial charge < -0.3 is 10.6 Å². The molecule has 0 radical (unpaired) electrons. The minimum Gasteiger partial charge on any atom is -0.360 e. The Bertz CT molecular complexity index is 340. The molecule has 0 spiro atoms. The van der Waals surface area contributed by atoms with Gasteiger partial charge in [-0.2, -0.15) is 0 Å². The number of hydrogen-bond acceptors (Lipinski definition) is 3. The molecule has 94 valence electrons. The Balaban J connectivity index is 1.77. The molecule has 3 N–H and O–H groups in total. The average Bonchev–Trinajstić information content (AvgIpc) is 2.75. The van der Waals surface area contributed by atoms with Gasteiger partial charge in [-0.05, 0) is 31.5 Å². The smallest absolute Gasteiger partial charge is 0.249 e. The van der Waals surface area contributed by atoms with Gasteiger partial charge in [-0.15, -0.1) is 0 Å².